The molecule has 0 aromatic carbocycles. The molecule has 1 atom stereocenters. The van der Waals surface area contributed by atoms with Gasteiger partial charge in [0.25, 0.3) is 0 Å². The molecule has 0 aromatic heterocycles. The lowest BCUT2D eigenvalue weighted by molar-refractivity contribution is -0.146. The van der Waals surface area contributed by atoms with Gasteiger partial charge in [0.1, 0.15) is 6.04 Å². The quantitative estimate of drug-likeness (QED) is 0.817. The van der Waals surface area contributed by atoms with E-state index in [1.807, 2.05) is 4.90 Å². The molecule has 2 amide bonds. The van der Waals surface area contributed by atoms with E-state index in [1.165, 1.54) is 25.7 Å². The number of nitrogens with one attached hydrogen (secondary N) is 1. The van der Waals surface area contributed by atoms with Crippen molar-refractivity contribution >= 4 is 11.8 Å². The van der Waals surface area contributed by atoms with Gasteiger partial charge in [0.05, 0.1) is 6.54 Å². The molecule has 0 aromatic rings. The molecular formula is C14H22N2O2. The van der Waals surface area contributed by atoms with Crippen LogP contribution in [-0.2, 0) is 9.59 Å². The van der Waals surface area contributed by atoms with Crippen LogP contribution in [0.15, 0.2) is 0 Å². The standard InChI is InChI=1S/C14H22N2O2/c17-12-9-15-14(18)13(11-5-6-11)16(12)8-7-10-3-1-2-4-10/h10-11,13H,1-9H2,(H,15,18). The highest BCUT2D eigenvalue weighted by Crippen LogP contribution is 2.37. The van der Waals surface area contributed by atoms with Gasteiger partial charge in [-0.25, -0.2) is 0 Å². The zero-order valence-corrected chi connectivity index (χ0v) is 10.9. The molecule has 0 radical (unpaired) electrons. The zero-order chi connectivity index (χ0) is 12.5. The molecule has 0 spiro atoms. The predicted octanol–water partition coefficient (Wildman–Crippen LogP) is 1.30. The largest absolute Gasteiger partial charge is 0.345 e. The number of nitrogens with zero attached hydrogens (tertiary/aromatic N) is 1. The maximum absolute atomic E-state index is 12.0. The van der Waals surface area contributed by atoms with Crippen LogP contribution >= 0.6 is 0 Å². The third-order valence-corrected chi connectivity index (χ3v) is 4.66. The lowest BCUT2D eigenvalue weighted by atomic mass is 10.0. The highest BCUT2D eigenvalue weighted by molar-refractivity contribution is 5.95. The Morgan fingerprint density at radius 3 is 2.50 bits per heavy atom. The number of rotatable bonds is 4. The highest BCUT2D eigenvalue weighted by atomic mass is 16.2. The van der Waals surface area contributed by atoms with Crippen LogP contribution < -0.4 is 5.32 Å². The van der Waals surface area contributed by atoms with Gasteiger partial charge in [-0.3, -0.25) is 9.59 Å². The van der Waals surface area contributed by atoms with E-state index >= 15 is 0 Å². The number of hydrogen-bond donors (Lipinski definition) is 1. The summed E-state index contributed by atoms with van der Waals surface area (Å²) in [7, 11) is 0. The summed E-state index contributed by atoms with van der Waals surface area (Å²) < 4.78 is 0. The van der Waals surface area contributed by atoms with Crippen LogP contribution in [0.25, 0.3) is 0 Å². The van der Waals surface area contributed by atoms with E-state index in [0.29, 0.717) is 5.92 Å². The average molecular weight is 250 g/mol. The molecule has 1 N–H and O–H groups in total. The summed E-state index contributed by atoms with van der Waals surface area (Å²) in [5, 5.41) is 2.73. The minimum Gasteiger partial charge on any atom is -0.345 e. The van der Waals surface area contributed by atoms with Crippen molar-refractivity contribution in [2.75, 3.05) is 13.1 Å². The number of piperazine rings is 1. The molecule has 4 heteroatoms. The van der Waals surface area contributed by atoms with Crippen molar-refractivity contribution in [2.24, 2.45) is 11.8 Å². The maximum Gasteiger partial charge on any atom is 0.243 e. The molecule has 2 saturated carbocycles. The second kappa shape index (κ2) is 4.90. The van der Waals surface area contributed by atoms with E-state index in [-0.39, 0.29) is 24.4 Å². The Balaban J connectivity index is 1.62. The van der Waals surface area contributed by atoms with E-state index < -0.39 is 0 Å². The third-order valence-electron chi connectivity index (χ3n) is 4.66. The van der Waals surface area contributed by atoms with Gasteiger partial charge in [-0.15, -0.1) is 0 Å². The fraction of sp³-hybridized carbons (Fsp3) is 0.857. The SMILES string of the molecule is O=C1NCC(=O)N(CCC2CCCC2)C1C1CC1. The Labute approximate surface area is 108 Å². The van der Waals surface area contributed by atoms with Crippen molar-refractivity contribution in [2.45, 2.75) is 51.0 Å². The zero-order valence-electron chi connectivity index (χ0n) is 10.9. The van der Waals surface area contributed by atoms with Crippen LogP contribution in [0.1, 0.15) is 44.9 Å². The average Bonchev–Trinajstić information content (AvgIpc) is 3.06. The van der Waals surface area contributed by atoms with Gasteiger partial charge in [0.2, 0.25) is 11.8 Å². The van der Waals surface area contributed by atoms with E-state index in [1.54, 1.807) is 0 Å². The van der Waals surface area contributed by atoms with E-state index in [4.69, 9.17) is 0 Å². The molecule has 3 rings (SSSR count). The van der Waals surface area contributed by atoms with Crippen LogP contribution in [-0.4, -0.2) is 35.8 Å². The lowest BCUT2D eigenvalue weighted by Gasteiger charge is -2.35. The first kappa shape index (κ1) is 12.0. The van der Waals surface area contributed by atoms with Crippen molar-refractivity contribution in [3.8, 4) is 0 Å². The van der Waals surface area contributed by atoms with Crippen LogP contribution in [0.2, 0.25) is 0 Å². The maximum atomic E-state index is 12.0. The Morgan fingerprint density at radius 1 is 1.11 bits per heavy atom. The number of hydrogen-bond acceptors (Lipinski definition) is 2. The van der Waals surface area contributed by atoms with Crippen LogP contribution in [0.5, 0.6) is 0 Å². The molecule has 1 aliphatic heterocycles. The van der Waals surface area contributed by atoms with Gasteiger partial charge in [0.15, 0.2) is 0 Å². The van der Waals surface area contributed by atoms with Gasteiger partial charge < -0.3 is 10.2 Å². The van der Waals surface area contributed by atoms with Crippen LogP contribution in [0.3, 0.4) is 0 Å². The van der Waals surface area contributed by atoms with Crippen molar-refractivity contribution in [1.82, 2.24) is 10.2 Å². The second-order valence-corrected chi connectivity index (χ2v) is 6.03. The molecule has 1 heterocycles. The van der Waals surface area contributed by atoms with Crippen LogP contribution in [0, 0.1) is 11.8 Å². The summed E-state index contributed by atoms with van der Waals surface area (Å²) in [5.41, 5.74) is 0. The normalized spacial score (nSPS) is 29.8. The van der Waals surface area contributed by atoms with E-state index in [2.05, 4.69) is 5.32 Å². The summed E-state index contributed by atoms with van der Waals surface area (Å²) in [5.74, 6) is 1.40. The summed E-state index contributed by atoms with van der Waals surface area (Å²) in [6, 6.07) is -0.160. The molecule has 4 nitrogen and oxygen atoms in total. The summed E-state index contributed by atoms with van der Waals surface area (Å²) >= 11 is 0. The van der Waals surface area contributed by atoms with Gasteiger partial charge in [0, 0.05) is 6.54 Å². The third kappa shape index (κ3) is 2.38. The lowest BCUT2D eigenvalue weighted by Crippen LogP contribution is -2.59. The first-order valence-corrected chi connectivity index (χ1v) is 7.33. The van der Waals surface area contributed by atoms with Gasteiger partial charge in [-0.1, -0.05) is 25.7 Å². The number of carbonyl (C=O) groups is 2. The number of amides is 2. The summed E-state index contributed by atoms with van der Waals surface area (Å²) in [4.78, 5) is 25.8. The van der Waals surface area contributed by atoms with Gasteiger partial charge in [-0.2, -0.15) is 0 Å². The molecule has 2 aliphatic carbocycles. The fourth-order valence-electron chi connectivity index (χ4n) is 3.43. The van der Waals surface area contributed by atoms with Crippen molar-refractivity contribution in [3.63, 3.8) is 0 Å². The topological polar surface area (TPSA) is 49.4 Å². The van der Waals surface area contributed by atoms with Gasteiger partial charge in [-0.05, 0) is 31.1 Å². The van der Waals surface area contributed by atoms with Crippen molar-refractivity contribution < 1.29 is 9.59 Å². The molecule has 100 valence electrons. The molecule has 1 unspecified atom stereocenters. The number of carbonyl (C=O) groups excluding carboxylic acids is 2. The summed E-state index contributed by atoms with van der Waals surface area (Å²) in [6.07, 6.45) is 8.58. The molecular weight excluding hydrogens is 228 g/mol. The monoisotopic (exact) mass is 250 g/mol. The molecule has 0 bridgehead atoms. The van der Waals surface area contributed by atoms with E-state index in [9.17, 15) is 9.59 Å². The highest BCUT2D eigenvalue weighted by Gasteiger charge is 2.44. The Kier molecular flexibility index (Phi) is 3.27. The molecule has 3 fully saturated rings. The smallest absolute Gasteiger partial charge is 0.243 e. The molecule has 3 aliphatic rings. The summed E-state index contributed by atoms with van der Waals surface area (Å²) in [6.45, 7) is 0.991. The van der Waals surface area contributed by atoms with Crippen LogP contribution in [0.4, 0.5) is 0 Å². The Morgan fingerprint density at radius 2 is 1.83 bits per heavy atom. The molecule has 1 saturated heterocycles. The fourth-order valence-corrected chi connectivity index (χ4v) is 3.43. The Bertz CT molecular complexity index is 346. The first-order valence-electron chi connectivity index (χ1n) is 7.33. The second-order valence-electron chi connectivity index (χ2n) is 6.03. The first-order chi connectivity index (χ1) is 8.75. The van der Waals surface area contributed by atoms with Crippen molar-refractivity contribution in [1.29, 1.82) is 0 Å². The van der Waals surface area contributed by atoms with Crippen molar-refractivity contribution in [3.05, 3.63) is 0 Å². The Hall–Kier alpha value is -1.06. The minimum absolute atomic E-state index is 0.0727. The van der Waals surface area contributed by atoms with E-state index in [0.717, 1.165) is 31.7 Å². The predicted molar refractivity (Wildman–Crippen MR) is 67.8 cm³/mol. The minimum atomic E-state index is -0.160. The van der Waals surface area contributed by atoms with Gasteiger partial charge >= 0.3 is 0 Å². The molecule has 18 heavy (non-hydrogen) atoms.